The van der Waals surface area contributed by atoms with E-state index >= 15 is 0 Å². The highest BCUT2D eigenvalue weighted by Gasteiger charge is 2.31. The van der Waals surface area contributed by atoms with Crippen molar-refractivity contribution in [1.82, 2.24) is 34.6 Å². The van der Waals surface area contributed by atoms with E-state index in [0.717, 1.165) is 50.7 Å². The van der Waals surface area contributed by atoms with Gasteiger partial charge in [0.2, 0.25) is 0 Å². The molecule has 0 spiro atoms. The molecule has 0 unspecified atom stereocenters. The molecule has 0 saturated carbocycles. The summed E-state index contributed by atoms with van der Waals surface area (Å²) in [5.74, 6) is 0.846. The molecule has 8 nitrogen and oxygen atoms in total. The van der Waals surface area contributed by atoms with Crippen molar-refractivity contribution < 1.29 is 4.79 Å². The van der Waals surface area contributed by atoms with Gasteiger partial charge in [0.1, 0.15) is 0 Å². The van der Waals surface area contributed by atoms with Crippen LogP contribution in [-0.2, 0) is 0 Å². The van der Waals surface area contributed by atoms with Crippen molar-refractivity contribution in [2.24, 2.45) is 0 Å². The molecule has 0 aliphatic carbocycles. The van der Waals surface area contributed by atoms with E-state index in [4.69, 9.17) is 0 Å². The van der Waals surface area contributed by atoms with E-state index in [1.165, 1.54) is 0 Å². The molecular formula is C21H35N7O. The lowest BCUT2D eigenvalue weighted by molar-refractivity contribution is 0.0586. The maximum atomic E-state index is 12.7. The minimum absolute atomic E-state index is 0.0554. The molecule has 0 bridgehead atoms. The van der Waals surface area contributed by atoms with Crippen LogP contribution in [0.15, 0.2) is 18.3 Å². The van der Waals surface area contributed by atoms with Gasteiger partial charge >= 0.3 is 0 Å². The summed E-state index contributed by atoms with van der Waals surface area (Å²) < 4.78 is 1.98. The van der Waals surface area contributed by atoms with Crippen LogP contribution in [0.3, 0.4) is 0 Å². The number of nitrogens with one attached hydrogen (secondary N) is 1. The van der Waals surface area contributed by atoms with Crippen LogP contribution < -0.4 is 5.32 Å². The molecule has 2 aromatic rings. The van der Waals surface area contributed by atoms with Gasteiger partial charge in [0.25, 0.3) is 5.91 Å². The number of piperazine rings is 1. The molecule has 1 N–H and O–H groups in total. The second-order valence-corrected chi connectivity index (χ2v) is 8.10. The zero-order valence-electron chi connectivity index (χ0n) is 18.4. The number of nitrogens with zero attached hydrogens (tertiary/aromatic N) is 6. The number of carbonyl (C=O) groups is 1. The molecule has 0 aromatic carbocycles. The standard InChI is InChI=1S/C21H35N7O/c1-6-26(7-2)11-10-22-21(29)17-8-9-19-23-24-20(28(19)14-17)18-15-25(5)12-13-27(18)16(3)4/h8-9,14,16,18H,6-7,10-13,15H2,1-5H3,(H,22,29)/t18-/m1/s1. The molecule has 1 amide bonds. The quantitative estimate of drug-likeness (QED) is 0.723. The number of aromatic nitrogens is 3. The molecule has 2 aromatic heterocycles. The average Bonchev–Trinajstić information content (AvgIpc) is 3.13. The first-order valence-corrected chi connectivity index (χ1v) is 10.7. The van der Waals surface area contributed by atoms with Crippen LogP contribution >= 0.6 is 0 Å². The van der Waals surface area contributed by atoms with Gasteiger partial charge in [0.15, 0.2) is 11.5 Å². The number of hydrogen-bond acceptors (Lipinski definition) is 6. The fourth-order valence-electron chi connectivity index (χ4n) is 4.02. The predicted molar refractivity (Wildman–Crippen MR) is 115 cm³/mol. The van der Waals surface area contributed by atoms with E-state index in [0.29, 0.717) is 18.2 Å². The SMILES string of the molecule is CCN(CC)CCNC(=O)c1ccc2nnc([C@H]3CN(C)CCN3C(C)C)n2c1. The molecule has 1 aliphatic rings. The van der Waals surface area contributed by atoms with Crippen molar-refractivity contribution in [1.29, 1.82) is 0 Å². The Hall–Kier alpha value is -2.03. The minimum Gasteiger partial charge on any atom is -0.351 e. The Bertz CT molecular complexity index is 814. The number of carbonyl (C=O) groups excluding carboxylic acids is 1. The Labute approximate surface area is 173 Å². The summed E-state index contributed by atoms with van der Waals surface area (Å²) in [7, 11) is 2.14. The van der Waals surface area contributed by atoms with E-state index in [9.17, 15) is 4.79 Å². The fraction of sp³-hybridized carbons (Fsp3) is 0.667. The first-order chi connectivity index (χ1) is 13.9. The van der Waals surface area contributed by atoms with Crippen LogP contribution in [0.5, 0.6) is 0 Å². The minimum atomic E-state index is -0.0554. The zero-order chi connectivity index (χ0) is 21.0. The smallest absolute Gasteiger partial charge is 0.252 e. The van der Waals surface area contributed by atoms with Gasteiger partial charge in [0, 0.05) is 45.0 Å². The summed E-state index contributed by atoms with van der Waals surface area (Å²) in [6.45, 7) is 15.1. The number of rotatable bonds is 8. The molecule has 1 fully saturated rings. The first-order valence-electron chi connectivity index (χ1n) is 10.7. The predicted octanol–water partition coefficient (Wildman–Crippen LogP) is 1.50. The number of likely N-dealkylation sites (N-methyl/N-ethyl adjacent to an activating group) is 2. The summed E-state index contributed by atoms with van der Waals surface area (Å²) in [6, 6.07) is 4.29. The lowest BCUT2D eigenvalue weighted by Crippen LogP contribution is -2.50. The van der Waals surface area contributed by atoms with Crippen molar-refractivity contribution in [3.63, 3.8) is 0 Å². The third-order valence-electron chi connectivity index (χ3n) is 5.89. The Morgan fingerprint density at radius 1 is 1.24 bits per heavy atom. The molecule has 1 aliphatic heterocycles. The van der Waals surface area contributed by atoms with Gasteiger partial charge in [-0.05, 0) is 46.1 Å². The summed E-state index contributed by atoms with van der Waals surface area (Å²) in [4.78, 5) is 19.8. The first kappa shape index (κ1) is 21.7. The number of pyridine rings is 1. The fourth-order valence-corrected chi connectivity index (χ4v) is 4.02. The Kier molecular flexibility index (Phi) is 7.21. The van der Waals surface area contributed by atoms with E-state index in [-0.39, 0.29) is 11.9 Å². The maximum Gasteiger partial charge on any atom is 0.252 e. The van der Waals surface area contributed by atoms with Crippen LogP contribution in [0.2, 0.25) is 0 Å². The van der Waals surface area contributed by atoms with Crippen LogP contribution in [0, 0.1) is 0 Å². The molecule has 1 atom stereocenters. The molecule has 0 radical (unpaired) electrons. The van der Waals surface area contributed by atoms with Crippen molar-refractivity contribution >= 4 is 11.6 Å². The third-order valence-corrected chi connectivity index (χ3v) is 5.89. The molecule has 160 valence electrons. The van der Waals surface area contributed by atoms with Gasteiger partial charge in [0.05, 0.1) is 11.6 Å². The monoisotopic (exact) mass is 401 g/mol. The van der Waals surface area contributed by atoms with Crippen molar-refractivity contribution in [2.45, 2.75) is 39.8 Å². The van der Waals surface area contributed by atoms with Gasteiger partial charge in [-0.2, -0.15) is 0 Å². The lowest BCUT2D eigenvalue weighted by Gasteiger charge is -2.41. The van der Waals surface area contributed by atoms with Crippen molar-refractivity contribution in [3.05, 3.63) is 29.7 Å². The Morgan fingerprint density at radius 3 is 2.69 bits per heavy atom. The van der Waals surface area contributed by atoms with Gasteiger partial charge in [-0.25, -0.2) is 0 Å². The lowest BCUT2D eigenvalue weighted by atomic mass is 10.1. The highest BCUT2D eigenvalue weighted by Crippen LogP contribution is 2.26. The third kappa shape index (κ3) is 4.94. The van der Waals surface area contributed by atoms with E-state index in [1.807, 2.05) is 22.7 Å². The second kappa shape index (κ2) is 9.65. The van der Waals surface area contributed by atoms with Gasteiger partial charge in [-0.15, -0.1) is 10.2 Å². The second-order valence-electron chi connectivity index (χ2n) is 8.10. The molecular weight excluding hydrogens is 366 g/mol. The average molecular weight is 402 g/mol. The van der Waals surface area contributed by atoms with Gasteiger partial charge in [-0.1, -0.05) is 13.8 Å². The molecule has 3 heterocycles. The Morgan fingerprint density at radius 2 is 2.00 bits per heavy atom. The zero-order valence-corrected chi connectivity index (χ0v) is 18.4. The van der Waals surface area contributed by atoms with Gasteiger partial charge < -0.3 is 15.1 Å². The van der Waals surface area contributed by atoms with E-state index in [2.05, 4.69) is 65.0 Å². The topological polar surface area (TPSA) is 69.0 Å². The number of fused-ring (bicyclic) bond motifs is 1. The highest BCUT2D eigenvalue weighted by atomic mass is 16.1. The van der Waals surface area contributed by atoms with E-state index in [1.54, 1.807) is 0 Å². The van der Waals surface area contributed by atoms with Crippen LogP contribution in [-0.4, -0.2) is 94.1 Å². The van der Waals surface area contributed by atoms with Gasteiger partial charge in [-0.3, -0.25) is 14.1 Å². The normalized spacial score (nSPS) is 18.8. The maximum absolute atomic E-state index is 12.7. The molecule has 8 heteroatoms. The Balaban J connectivity index is 1.80. The van der Waals surface area contributed by atoms with Crippen LogP contribution in [0.25, 0.3) is 5.65 Å². The summed E-state index contributed by atoms with van der Waals surface area (Å²) in [6.07, 6.45) is 1.88. The molecule has 1 saturated heterocycles. The van der Waals surface area contributed by atoms with Crippen molar-refractivity contribution in [2.75, 3.05) is 52.9 Å². The highest BCUT2D eigenvalue weighted by molar-refractivity contribution is 5.94. The van der Waals surface area contributed by atoms with Crippen LogP contribution in [0.1, 0.15) is 49.9 Å². The van der Waals surface area contributed by atoms with Crippen LogP contribution in [0.4, 0.5) is 0 Å². The summed E-state index contributed by atoms with van der Waals surface area (Å²) >= 11 is 0. The number of amides is 1. The molecule has 3 rings (SSSR count). The van der Waals surface area contributed by atoms with E-state index < -0.39 is 0 Å². The molecule has 29 heavy (non-hydrogen) atoms. The summed E-state index contributed by atoms with van der Waals surface area (Å²) in [5, 5.41) is 11.9. The largest absolute Gasteiger partial charge is 0.351 e. The summed E-state index contributed by atoms with van der Waals surface area (Å²) in [5.41, 5.74) is 1.41. The van der Waals surface area contributed by atoms with Crippen molar-refractivity contribution in [3.8, 4) is 0 Å². The number of hydrogen-bond donors (Lipinski definition) is 1.